The summed E-state index contributed by atoms with van der Waals surface area (Å²) >= 11 is 0. The van der Waals surface area contributed by atoms with Crippen LogP contribution in [0.25, 0.3) is 11.3 Å². The molecule has 1 aromatic carbocycles. The van der Waals surface area contributed by atoms with Crippen molar-refractivity contribution in [1.82, 2.24) is 4.98 Å². The van der Waals surface area contributed by atoms with Crippen LogP contribution in [-0.4, -0.2) is 24.8 Å². The molecule has 2 aromatic rings. The first kappa shape index (κ1) is 26.1. The van der Waals surface area contributed by atoms with Crippen molar-refractivity contribution >= 4 is 0 Å². The molecule has 0 fully saturated rings. The number of hydrogen-bond acceptors (Lipinski definition) is 3. The highest BCUT2D eigenvalue weighted by Gasteiger charge is 2.02. The van der Waals surface area contributed by atoms with E-state index in [0.717, 1.165) is 68.9 Å². The van der Waals surface area contributed by atoms with E-state index in [-0.39, 0.29) is 0 Å². The molecule has 0 bridgehead atoms. The molecule has 0 aliphatic heterocycles. The zero-order valence-corrected chi connectivity index (χ0v) is 20.4. The van der Waals surface area contributed by atoms with Gasteiger partial charge in [-0.3, -0.25) is 4.98 Å². The van der Waals surface area contributed by atoms with Crippen LogP contribution >= 0.6 is 0 Å². The lowest BCUT2D eigenvalue weighted by Crippen LogP contribution is -1.97. The van der Waals surface area contributed by atoms with Crippen molar-refractivity contribution in [2.45, 2.75) is 84.5 Å². The first-order valence-corrected chi connectivity index (χ1v) is 12.7. The number of pyridine rings is 1. The van der Waals surface area contributed by atoms with Crippen molar-refractivity contribution in [2.24, 2.45) is 0 Å². The lowest BCUT2D eigenvalue weighted by Gasteiger charge is -2.07. The van der Waals surface area contributed by atoms with E-state index in [4.69, 9.17) is 9.47 Å². The van der Waals surface area contributed by atoms with Gasteiger partial charge in [-0.2, -0.15) is 0 Å². The van der Waals surface area contributed by atoms with Crippen LogP contribution in [0.2, 0.25) is 0 Å². The quantitative estimate of drug-likeness (QED) is 0.174. The summed E-state index contributed by atoms with van der Waals surface area (Å²) < 4.78 is 11.4. The molecule has 1 heterocycles. The first-order valence-electron chi connectivity index (χ1n) is 12.7. The predicted octanol–water partition coefficient (Wildman–Crippen LogP) is 8.18. The monoisotopic (exact) mass is 437 g/mol. The molecule has 0 aliphatic carbocycles. The van der Waals surface area contributed by atoms with Gasteiger partial charge in [0.05, 0.1) is 18.5 Å². The van der Waals surface area contributed by atoms with E-state index in [0.29, 0.717) is 0 Å². The molecule has 176 valence electrons. The topological polar surface area (TPSA) is 31.4 Å². The predicted molar refractivity (Wildman–Crippen MR) is 136 cm³/mol. The van der Waals surface area contributed by atoms with Gasteiger partial charge < -0.3 is 9.47 Å². The number of unbranched alkanes of at least 4 members (excludes halogenated alkanes) is 6. The molecule has 2 rings (SSSR count). The largest absolute Gasteiger partial charge is 0.492 e. The Labute approximate surface area is 196 Å². The summed E-state index contributed by atoms with van der Waals surface area (Å²) in [6.07, 6.45) is 19.5. The Morgan fingerprint density at radius 2 is 1.53 bits per heavy atom. The van der Waals surface area contributed by atoms with Crippen LogP contribution in [0.3, 0.4) is 0 Å². The summed E-state index contributed by atoms with van der Waals surface area (Å²) in [5, 5.41) is 0. The summed E-state index contributed by atoms with van der Waals surface area (Å²) in [4.78, 5) is 4.59. The third-order valence-corrected chi connectivity index (χ3v) is 5.51. The van der Waals surface area contributed by atoms with Gasteiger partial charge in [-0.25, -0.2) is 0 Å². The van der Waals surface area contributed by atoms with Gasteiger partial charge in [0, 0.05) is 18.8 Å². The highest BCUT2D eigenvalue weighted by atomic mass is 16.5. The second kappa shape index (κ2) is 17.4. The van der Waals surface area contributed by atoms with Gasteiger partial charge in [-0.05, 0) is 69.1 Å². The Bertz CT molecular complexity index is 722. The van der Waals surface area contributed by atoms with Crippen LogP contribution in [0.1, 0.15) is 83.6 Å². The summed E-state index contributed by atoms with van der Waals surface area (Å²) in [7, 11) is 0. The summed E-state index contributed by atoms with van der Waals surface area (Å²) in [6.45, 7) is 6.92. The minimum Gasteiger partial charge on any atom is -0.492 e. The van der Waals surface area contributed by atoms with Crippen molar-refractivity contribution in [2.75, 3.05) is 19.8 Å². The average molecular weight is 438 g/mol. The maximum absolute atomic E-state index is 5.84. The zero-order chi connectivity index (χ0) is 22.7. The first-order chi connectivity index (χ1) is 15.8. The van der Waals surface area contributed by atoms with Crippen LogP contribution in [-0.2, 0) is 11.2 Å². The minimum absolute atomic E-state index is 0.736. The molecule has 0 unspecified atom stereocenters. The van der Waals surface area contributed by atoms with Crippen LogP contribution in [0.15, 0.2) is 54.7 Å². The molecule has 0 saturated carbocycles. The van der Waals surface area contributed by atoms with Gasteiger partial charge in [0.2, 0.25) is 0 Å². The molecule has 0 aliphatic rings. The highest BCUT2D eigenvalue weighted by molar-refractivity contribution is 5.59. The van der Waals surface area contributed by atoms with E-state index in [1.165, 1.54) is 44.1 Å². The van der Waals surface area contributed by atoms with Crippen molar-refractivity contribution in [3.05, 3.63) is 60.3 Å². The van der Waals surface area contributed by atoms with Gasteiger partial charge in [0.15, 0.2) is 0 Å². The number of aromatic nitrogens is 1. The van der Waals surface area contributed by atoms with E-state index in [1.54, 1.807) is 0 Å². The Morgan fingerprint density at radius 1 is 0.719 bits per heavy atom. The lowest BCUT2D eigenvalue weighted by molar-refractivity contribution is 0.130. The van der Waals surface area contributed by atoms with Gasteiger partial charge in [0.1, 0.15) is 5.75 Å². The average Bonchev–Trinajstić information content (AvgIpc) is 2.83. The Hall–Kier alpha value is -2.13. The maximum Gasteiger partial charge on any atom is 0.137 e. The SMILES string of the molecule is CCCCCC=CCCCOc1ccc(-c2ccc(CCCCCOCCC)cc2)nc1. The summed E-state index contributed by atoms with van der Waals surface area (Å²) in [5.74, 6) is 0.847. The molecule has 0 amide bonds. The molecular formula is C29H43NO2. The molecule has 0 N–H and O–H groups in total. The van der Waals surface area contributed by atoms with E-state index in [2.05, 4.69) is 55.2 Å². The van der Waals surface area contributed by atoms with Gasteiger partial charge >= 0.3 is 0 Å². The van der Waals surface area contributed by atoms with Crippen molar-refractivity contribution < 1.29 is 9.47 Å². The van der Waals surface area contributed by atoms with Crippen LogP contribution < -0.4 is 4.74 Å². The fourth-order valence-corrected chi connectivity index (χ4v) is 3.57. The number of aryl methyl sites for hydroxylation is 1. The van der Waals surface area contributed by atoms with Crippen LogP contribution in [0, 0.1) is 0 Å². The minimum atomic E-state index is 0.736. The standard InChI is InChI=1S/C29H43NO2/c1-3-5-6-7-8-9-10-14-24-32-28-20-21-29(30-25-28)27-18-16-26(17-19-27)15-12-11-13-23-31-22-4-2/h8-9,16-21,25H,3-7,10-15,22-24H2,1-2H3. The fraction of sp³-hybridized carbons (Fsp3) is 0.552. The van der Waals surface area contributed by atoms with Gasteiger partial charge in [-0.15, -0.1) is 0 Å². The molecular weight excluding hydrogens is 394 g/mol. The Balaban J connectivity index is 1.63. The second-order valence-electron chi connectivity index (χ2n) is 8.46. The number of nitrogens with zero attached hydrogens (tertiary/aromatic N) is 1. The maximum atomic E-state index is 5.84. The Morgan fingerprint density at radius 3 is 2.25 bits per heavy atom. The molecule has 3 nitrogen and oxygen atoms in total. The number of ether oxygens (including phenoxy) is 2. The van der Waals surface area contributed by atoms with E-state index < -0.39 is 0 Å². The lowest BCUT2D eigenvalue weighted by atomic mass is 10.0. The van der Waals surface area contributed by atoms with Crippen LogP contribution in [0.4, 0.5) is 0 Å². The van der Waals surface area contributed by atoms with Crippen LogP contribution in [0.5, 0.6) is 5.75 Å². The molecule has 32 heavy (non-hydrogen) atoms. The second-order valence-corrected chi connectivity index (χ2v) is 8.46. The molecule has 0 saturated heterocycles. The smallest absolute Gasteiger partial charge is 0.137 e. The van der Waals surface area contributed by atoms with E-state index >= 15 is 0 Å². The summed E-state index contributed by atoms with van der Waals surface area (Å²) in [5.41, 5.74) is 3.54. The highest BCUT2D eigenvalue weighted by Crippen LogP contribution is 2.21. The number of allylic oxidation sites excluding steroid dienone is 2. The van der Waals surface area contributed by atoms with Crippen molar-refractivity contribution in [3.8, 4) is 17.0 Å². The van der Waals surface area contributed by atoms with E-state index in [1.807, 2.05) is 18.3 Å². The molecule has 0 radical (unpaired) electrons. The third-order valence-electron chi connectivity index (χ3n) is 5.51. The van der Waals surface area contributed by atoms with Crippen molar-refractivity contribution in [3.63, 3.8) is 0 Å². The zero-order valence-electron chi connectivity index (χ0n) is 20.4. The molecule has 0 spiro atoms. The number of hydrogen-bond donors (Lipinski definition) is 0. The van der Waals surface area contributed by atoms with Gasteiger partial charge in [0.25, 0.3) is 0 Å². The number of benzene rings is 1. The third kappa shape index (κ3) is 11.5. The van der Waals surface area contributed by atoms with E-state index in [9.17, 15) is 0 Å². The normalized spacial score (nSPS) is 11.3. The number of rotatable bonds is 18. The van der Waals surface area contributed by atoms with Crippen molar-refractivity contribution in [1.29, 1.82) is 0 Å². The van der Waals surface area contributed by atoms with Gasteiger partial charge in [-0.1, -0.05) is 69.5 Å². The Kier molecular flexibility index (Phi) is 14.2. The molecule has 0 atom stereocenters. The fourth-order valence-electron chi connectivity index (χ4n) is 3.57. The molecule has 3 heteroatoms. The molecule has 1 aromatic heterocycles. The summed E-state index contributed by atoms with van der Waals surface area (Å²) in [6, 6.07) is 12.9.